The van der Waals surface area contributed by atoms with Gasteiger partial charge in [-0.2, -0.15) is 5.01 Å². The number of rotatable bonds is 5. The molecule has 0 spiro atoms. The van der Waals surface area contributed by atoms with Crippen LogP contribution in [-0.4, -0.2) is 76.0 Å². The van der Waals surface area contributed by atoms with Crippen molar-refractivity contribution in [2.24, 2.45) is 5.29 Å². The first-order valence-corrected chi connectivity index (χ1v) is 6.26. The Bertz CT molecular complexity index is 348. The molecule has 5 atom stereocenters. The first-order chi connectivity index (χ1) is 9.42. The normalized spacial score (nSPS) is 33.5. The fourth-order valence-corrected chi connectivity index (χ4v) is 1.78. The zero-order valence-electron chi connectivity index (χ0n) is 10.3. The van der Waals surface area contributed by atoms with Crippen molar-refractivity contribution in [3.63, 3.8) is 0 Å². The molecule has 11 heteroatoms. The summed E-state index contributed by atoms with van der Waals surface area (Å²) in [5.74, 6) is -0.00471. The van der Waals surface area contributed by atoms with E-state index in [1.54, 1.807) is 0 Å². The number of ether oxygens (including phenoxy) is 1. The third-order valence-corrected chi connectivity index (χ3v) is 2.92. The van der Waals surface area contributed by atoms with E-state index in [4.69, 9.17) is 16.3 Å². The Kier molecular flexibility index (Phi) is 6.52. The minimum Gasteiger partial charge on any atom is -0.829 e. The molecule has 1 rings (SSSR count). The largest absolute Gasteiger partial charge is 0.829 e. The molecule has 2 amide bonds. The van der Waals surface area contributed by atoms with Gasteiger partial charge < -0.3 is 30.5 Å². The molecule has 116 valence electrons. The summed E-state index contributed by atoms with van der Waals surface area (Å²) in [6.45, 7) is -0.465. The Balaban J connectivity index is 2.52. The maximum absolute atomic E-state index is 11.5. The standard InChI is InChI=1S/C9H15ClN3O7/c10-1-2-13(12-19)9(18)11-3-4-5(14)6(15)7(16)8(17)20-4/h4-8,14-16H,1-3H2,(H,11,18)/q-1/t4-,5-,6+,7-,8+/m1/s1. The van der Waals surface area contributed by atoms with Crippen molar-refractivity contribution >= 4 is 17.6 Å². The van der Waals surface area contributed by atoms with E-state index in [0.717, 1.165) is 0 Å². The highest BCUT2D eigenvalue weighted by atomic mass is 35.5. The number of carbonyl (C=O) groups is 1. The number of nitrogens with one attached hydrogen (secondary N) is 1. The van der Waals surface area contributed by atoms with E-state index in [-0.39, 0.29) is 19.0 Å². The van der Waals surface area contributed by atoms with Gasteiger partial charge in [0.1, 0.15) is 18.3 Å². The highest BCUT2D eigenvalue weighted by Crippen LogP contribution is 2.17. The number of nitroso groups, excluding NO2 is 1. The number of aliphatic hydroxyl groups is 3. The SMILES string of the molecule is O=NN(CCCl)C(=O)NC[C@H]1O[C@H]([O-])[C@H](O)[C@@H](O)[C@@H]1O. The van der Waals surface area contributed by atoms with Gasteiger partial charge in [-0.05, 0) is 0 Å². The van der Waals surface area contributed by atoms with E-state index in [0.29, 0.717) is 5.01 Å². The highest BCUT2D eigenvalue weighted by molar-refractivity contribution is 6.18. The lowest BCUT2D eigenvalue weighted by Gasteiger charge is -2.43. The average molecular weight is 313 g/mol. The van der Waals surface area contributed by atoms with Crippen LogP contribution >= 0.6 is 11.6 Å². The van der Waals surface area contributed by atoms with Gasteiger partial charge in [0.2, 0.25) is 0 Å². The van der Waals surface area contributed by atoms with Crippen LogP contribution in [0.5, 0.6) is 0 Å². The van der Waals surface area contributed by atoms with E-state index in [2.05, 4.69) is 10.6 Å². The molecule has 0 aliphatic carbocycles. The summed E-state index contributed by atoms with van der Waals surface area (Å²) >= 11 is 5.36. The van der Waals surface area contributed by atoms with Crippen molar-refractivity contribution in [1.82, 2.24) is 10.3 Å². The van der Waals surface area contributed by atoms with Gasteiger partial charge in [-0.15, -0.1) is 16.5 Å². The second-order valence-electron chi connectivity index (χ2n) is 4.09. The molecule has 20 heavy (non-hydrogen) atoms. The van der Waals surface area contributed by atoms with Crippen molar-refractivity contribution < 1.29 is 30.0 Å². The molecule has 1 fully saturated rings. The number of carbonyl (C=O) groups excluding carboxylic acids is 1. The molecule has 1 aliphatic rings. The smallest absolute Gasteiger partial charge is 0.340 e. The summed E-state index contributed by atoms with van der Waals surface area (Å²) < 4.78 is 4.72. The lowest BCUT2D eigenvalue weighted by atomic mass is 9.99. The molecule has 1 saturated heterocycles. The van der Waals surface area contributed by atoms with Crippen LogP contribution in [0.2, 0.25) is 0 Å². The zero-order chi connectivity index (χ0) is 15.3. The van der Waals surface area contributed by atoms with Gasteiger partial charge in [-0.25, -0.2) is 4.79 Å². The Morgan fingerprint density at radius 1 is 1.35 bits per heavy atom. The van der Waals surface area contributed by atoms with E-state index < -0.39 is 36.7 Å². The first kappa shape index (κ1) is 17.0. The second-order valence-corrected chi connectivity index (χ2v) is 4.47. The Labute approximate surface area is 118 Å². The molecule has 0 aromatic heterocycles. The maximum atomic E-state index is 11.5. The second kappa shape index (κ2) is 7.67. The number of nitrogens with zero attached hydrogens (tertiary/aromatic N) is 2. The van der Waals surface area contributed by atoms with Gasteiger partial charge >= 0.3 is 6.03 Å². The van der Waals surface area contributed by atoms with Crippen LogP contribution in [0.15, 0.2) is 5.29 Å². The Hall–Kier alpha value is -1.04. The predicted molar refractivity (Wildman–Crippen MR) is 63.3 cm³/mol. The van der Waals surface area contributed by atoms with Gasteiger partial charge in [-0.1, -0.05) is 0 Å². The molecule has 4 N–H and O–H groups in total. The lowest BCUT2D eigenvalue weighted by molar-refractivity contribution is -0.531. The number of amides is 2. The van der Waals surface area contributed by atoms with Crippen molar-refractivity contribution in [2.45, 2.75) is 30.7 Å². The van der Waals surface area contributed by atoms with Crippen LogP contribution < -0.4 is 10.4 Å². The van der Waals surface area contributed by atoms with Crippen molar-refractivity contribution in [1.29, 1.82) is 0 Å². The molecule has 10 nitrogen and oxygen atoms in total. The number of aliphatic hydroxyl groups excluding tert-OH is 3. The summed E-state index contributed by atoms with van der Waals surface area (Å²) in [6, 6.07) is -0.889. The first-order valence-electron chi connectivity index (χ1n) is 5.72. The Morgan fingerprint density at radius 2 is 2.00 bits per heavy atom. The quantitative estimate of drug-likeness (QED) is 0.241. The van der Waals surface area contributed by atoms with Gasteiger partial charge in [0.15, 0.2) is 0 Å². The van der Waals surface area contributed by atoms with Crippen LogP contribution in [0.25, 0.3) is 0 Å². The molecule has 1 heterocycles. The molecule has 0 bridgehead atoms. The number of alkyl halides is 1. The third kappa shape index (κ3) is 3.98. The van der Waals surface area contributed by atoms with Crippen LogP contribution in [-0.2, 0) is 4.74 Å². The molecule has 1 aliphatic heterocycles. The fraction of sp³-hybridized carbons (Fsp3) is 0.889. The Morgan fingerprint density at radius 3 is 2.55 bits per heavy atom. The van der Waals surface area contributed by atoms with Gasteiger partial charge in [0.05, 0.1) is 17.9 Å². The van der Waals surface area contributed by atoms with E-state index in [9.17, 15) is 30.1 Å². The number of urea groups is 1. The maximum Gasteiger partial charge on any atom is 0.340 e. The van der Waals surface area contributed by atoms with E-state index >= 15 is 0 Å². The molecule has 0 unspecified atom stereocenters. The average Bonchev–Trinajstić information content (AvgIpc) is 2.44. The summed E-state index contributed by atoms with van der Waals surface area (Å²) in [5.41, 5.74) is 0. The van der Waals surface area contributed by atoms with Crippen LogP contribution in [0.4, 0.5) is 4.79 Å². The summed E-state index contributed by atoms with van der Waals surface area (Å²) in [6.07, 6.45) is -8.17. The van der Waals surface area contributed by atoms with Crippen LogP contribution in [0.1, 0.15) is 0 Å². The minimum absolute atomic E-state index is 0.00471. The molecule has 0 saturated carbocycles. The number of halogens is 1. The van der Waals surface area contributed by atoms with Crippen molar-refractivity contribution in [3.05, 3.63) is 4.91 Å². The number of hydrogen-bond donors (Lipinski definition) is 4. The highest BCUT2D eigenvalue weighted by Gasteiger charge is 2.39. The topological polar surface area (TPSA) is 155 Å². The monoisotopic (exact) mass is 312 g/mol. The van der Waals surface area contributed by atoms with Crippen LogP contribution in [0.3, 0.4) is 0 Å². The van der Waals surface area contributed by atoms with Gasteiger partial charge in [0, 0.05) is 18.7 Å². The molecular weight excluding hydrogens is 298 g/mol. The fourth-order valence-electron chi connectivity index (χ4n) is 1.62. The lowest BCUT2D eigenvalue weighted by Crippen LogP contribution is -2.63. The summed E-state index contributed by atoms with van der Waals surface area (Å²) in [4.78, 5) is 21.8. The van der Waals surface area contributed by atoms with E-state index in [1.165, 1.54) is 0 Å². The van der Waals surface area contributed by atoms with Crippen molar-refractivity contribution in [3.8, 4) is 0 Å². The third-order valence-electron chi connectivity index (χ3n) is 2.75. The molecular formula is C9H15ClN3O7-. The van der Waals surface area contributed by atoms with Gasteiger partial charge in [0.25, 0.3) is 0 Å². The van der Waals surface area contributed by atoms with Crippen LogP contribution in [0, 0.1) is 4.91 Å². The minimum atomic E-state index is -1.95. The number of hydrogen-bond acceptors (Lipinski definition) is 8. The summed E-state index contributed by atoms with van der Waals surface area (Å²) in [5, 5.41) is 44.6. The zero-order valence-corrected chi connectivity index (χ0v) is 11.0. The van der Waals surface area contributed by atoms with Gasteiger partial charge in [-0.3, -0.25) is 0 Å². The summed E-state index contributed by atoms with van der Waals surface area (Å²) in [7, 11) is 0. The molecule has 0 aromatic carbocycles. The predicted octanol–water partition coefficient (Wildman–Crippen LogP) is -2.91. The molecule has 0 radical (unpaired) electrons. The van der Waals surface area contributed by atoms with E-state index in [1.807, 2.05) is 0 Å². The molecule has 0 aromatic rings. The van der Waals surface area contributed by atoms with Crippen molar-refractivity contribution in [2.75, 3.05) is 19.0 Å².